The Morgan fingerprint density at radius 3 is 2.10 bits per heavy atom. The van der Waals surface area contributed by atoms with E-state index in [-0.39, 0.29) is 21.1 Å². The van der Waals surface area contributed by atoms with E-state index >= 15 is 0 Å². The SMILES string of the molecule is CC(C)=C(C)C=C[C-]=O.[W]. The summed E-state index contributed by atoms with van der Waals surface area (Å²) in [4.78, 5) is 9.70. The van der Waals surface area contributed by atoms with Gasteiger partial charge in [0.1, 0.15) is 0 Å². The molecule has 0 amide bonds. The van der Waals surface area contributed by atoms with Crippen molar-refractivity contribution in [2.45, 2.75) is 20.8 Å². The zero-order chi connectivity index (χ0) is 7.28. The number of rotatable bonds is 2. The number of hydrogen-bond acceptors (Lipinski definition) is 1. The topological polar surface area (TPSA) is 17.1 Å². The second-order valence-electron chi connectivity index (χ2n) is 2.13. The third-order valence-electron chi connectivity index (χ3n) is 1.19. The molecule has 0 aromatic carbocycles. The van der Waals surface area contributed by atoms with Gasteiger partial charge in [0, 0.05) is 21.1 Å². The van der Waals surface area contributed by atoms with E-state index in [4.69, 9.17) is 0 Å². The normalized spacial score (nSPS) is 8.70. The predicted molar refractivity (Wildman–Crippen MR) is 38.9 cm³/mol. The molecule has 0 saturated heterocycles. The molecule has 0 heterocycles. The van der Waals surface area contributed by atoms with Gasteiger partial charge in [-0.25, -0.2) is 6.08 Å². The molecule has 0 rings (SSSR count). The van der Waals surface area contributed by atoms with Gasteiger partial charge in [0.05, 0.1) is 0 Å². The van der Waals surface area contributed by atoms with Crippen LogP contribution in [0.15, 0.2) is 23.3 Å². The fraction of sp³-hybridized carbons (Fsp3) is 0.375. The molecule has 0 bridgehead atoms. The summed E-state index contributed by atoms with van der Waals surface area (Å²) in [6, 6.07) is 0. The Bertz CT molecular complexity index is 153. The van der Waals surface area contributed by atoms with E-state index in [1.165, 1.54) is 11.6 Å². The van der Waals surface area contributed by atoms with Crippen molar-refractivity contribution in [1.82, 2.24) is 0 Å². The van der Waals surface area contributed by atoms with Crippen LogP contribution in [0.3, 0.4) is 0 Å². The standard InChI is InChI=1S/C8H11O.W/c1-7(2)8(3)5-4-6-9;/h4-5H,1-3H3;/q-1;. The third kappa shape index (κ3) is 5.97. The zero-order valence-electron chi connectivity index (χ0n) is 6.47. The van der Waals surface area contributed by atoms with E-state index < -0.39 is 0 Å². The van der Waals surface area contributed by atoms with E-state index in [9.17, 15) is 4.79 Å². The Morgan fingerprint density at radius 2 is 1.80 bits per heavy atom. The van der Waals surface area contributed by atoms with E-state index in [1.807, 2.05) is 20.8 Å². The molecule has 10 heavy (non-hydrogen) atoms. The van der Waals surface area contributed by atoms with Gasteiger partial charge in [-0.2, -0.15) is 6.08 Å². The van der Waals surface area contributed by atoms with E-state index in [1.54, 1.807) is 12.4 Å². The summed E-state index contributed by atoms with van der Waals surface area (Å²) in [6.07, 6.45) is 4.82. The third-order valence-corrected chi connectivity index (χ3v) is 1.19. The van der Waals surface area contributed by atoms with Crippen molar-refractivity contribution in [3.05, 3.63) is 23.3 Å². The Labute approximate surface area is 76.5 Å². The van der Waals surface area contributed by atoms with Crippen LogP contribution in [0.2, 0.25) is 0 Å². The van der Waals surface area contributed by atoms with Gasteiger partial charge in [-0.15, -0.1) is 5.57 Å². The smallest absolute Gasteiger partial charge is 0 e. The second kappa shape index (κ2) is 6.95. The maximum Gasteiger partial charge on any atom is 0 e. The molecule has 0 aromatic heterocycles. The van der Waals surface area contributed by atoms with Gasteiger partial charge in [0.15, 0.2) is 0 Å². The Hall–Kier alpha value is -0.162. The van der Waals surface area contributed by atoms with Gasteiger partial charge >= 0.3 is 0 Å². The number of hydrogen-bond donors (Lipinski definition) is 0. The summed E-state index contributed by atoms with van der Waals surface area (Å²) in [5, 5.41) is 0. The van der Waals surface area contributed by atoms with Gasteiger partial charge in [-0.05, 0) is 20.1 Å². The first-order valence-corrected chi connectivity index (χ1v) is 2.86. The summed E-state index contributed by atoms with van der Waals surface area (Å²) in [5.74, 6) is 0. The molecular weight excluding hydrogens is 296 g/mol. The zero-order valence-corrected chi connectivity index (χ0v) is 9.40. The molecule has 0 fully saturated rings. The average Bonchev–Trinajstić information content (AvgIpc) is 1.82. The molecule has 0 aliphatic rings. The molecule has 0 aliphatic heterocycles. The van der Waals surface area contributed by atoms with Gasteiger partial charge < -0.3 is 4.79 Å². The maximum absolute atomic E-state index is 9.70. The summed E-state index contributed by atoms with van der Waals surface area (Å²) in [6.45, 7) is 5.97. The quantitative estimate of drug-likeness (QED) is 0.433. The van der Waals surface area contributed by atoms with E-state index in [0.717, 1.165) is 5.57 Å². The van der Waals surface area contributed by atoms with Crippen molar-refractivity contribution in [1.29, 1.82) is 0 Å². The minimum Gasteiger partial charge on any atom is -0.419 e. The molecular formula is C8H11OW-. The number of allylic oxidation sites excluding steroid dienone is 4. The summed E-state index contributed by atoms with van der Waals surface area (Å²) >= 11 is 0. The summed E-state index contributed by atoms with van der Waals surface area (Å²) in [7, 11) is 0. The van der Waals surface area contributed by atoms with Crippen molar-refractivity contribution in [3.8, 4) is 0 Å². The van der Waals surface area contributed by atoms with Crippen LogP contribution < -0.4 is 0 Å². The fourth-order valence-corrected chi connectivity index (χ4v) is 0.326. The Kier molecular flexibility index (Phi) is 8.70. The van der Waals surface area contributed by atoms with Gasteiger partial charge in [-0.1, -0.05) is 12.5 Å². The van der Waals surface area contributed by atoms with Crippen molar-refractivity contribution < 1.29 is 25.9 Å². The van der Waals surface area contributed by atoms with Crippen molar-refractivity contribution in [2.24, 2.45) is 0 Å². The molecule has 0 N–H and O–H groups in total. The van der Waals surface area contributed by atoms with Gasteiger partial charge in [0.2, 0.25) is 0 Å². The maximum atomic E-state index is 9.70. The minimum atomic E-state index is 0. The molecule has 0 atom stereocenters. The average molecular weight is 307 g/mol. The van der Waals surface area contributed by atoms with E-state index in [2.05, 4.69) is 0 Å². The molecule has 0 saturated carbocycles. The first-order valence-electron chi connectivity index (χ1n) is 2.86. The first-order chi connectivity index (χ1) is 4.18. The monoisotopic (exact) mass is 307 g/mol. The molecule has 2 heteroatoms. The summed E-state index contributed by atoms with van der Waals surface area (Å²) < 4.78 is 0. The van der Waals surface area contributed by atoms with Crippen LogP contribution in [0.1, 0.15) is 20.8 Å². The van der Waals surface area contributed by atoms with Crippen LogP contribution in [0.4, 0.5) is 0 Å². The van der Waals surface area contributed by atoms with Crippen LogP contribution in [0, 0.1) is 0 Å². The van der Waals surface area contributed by atoms with Crippen LogP contribution in [-0.2, 0) is 25.9 Å². The molecule has 1 nitrogen and oxygen atoms in total. The predicted octanol–water partition coefficient (Wildman–Crippen LogP) is 2.01. The fourth-order valence-electron chi connectivity index (χ4n) is 0.326. The van der Waals surface area contributed by atoms with Crippen LogP contribution in [0.25, 0.3) is 0 Å². The molecule has 56 valence electrons. The molecule has 0 aliphatic carbocycles. The molecule has 0 aromatic rings. The molecule has 0 unspecified atom stereocenters. The second-order valence-corrected chi connectivity index (χ2v) is 2.13. The number of carbonyl (C=O) groups excluding carboxylic acids is 1. The van der Waals surface area contributed by atoms with Crippen LogP contribution in [0.5, 0.6) is 0 Å². The minimum absolute atomic E-state index is 0. The van der Waals surface area contributed by atoms with Crippen molar-refractivity contribution in [2.75, 3.05) is 0 Å². The van der Waals surface area contributed by atoms with Crippen LogP contribution >= 0.6 is 0 Å². The van der Waals surface area contributed by atoms with Crippen molar-refractivity contribution >= 4 is 6.29 Å². The van der Waals surface area contributed by atoms with Crippen molar-refractivity contribution in [3.63, 3.8) is 0 Å². The summed E-state index contributed by atoms with van der Waals surface area (Å²) in [5.41, 5.74) is 2.35. The molecule has 0 spiro atoms. The van der Waals surface area contributed by atoms with E-state index in [0.29, 0.717) is 0 Å². The Morgan fingerprint density at radius 1 is 1.30 bits per heavy atom. The largest absolute Gasteiger partial charge is 0.419 e. The molecule has 0 radical (unpaired) electrons. The Balaban J connectivity index is 0. The van der Waals surface area contributed by atoms with Gasteiger partial charge in [0.25, 0.3) is 0 Å². The van der Waals surface area contributed by atoms with Crippen LogP contribution in [-0.4, -0.2) is 6.29 Å². The first kappa shape index (κ1) is 12.5. The van der Waals surface area contributed by atoms with Gasteiger partial charge in [-0.3, -0.25) is 0 Å².